The molecule has 0 unspecified atom stereocenters. The van der Waals surface area contributed by atoms with Crippen LogP contribution in [0.2, 0.25) is 0 Å². The molecule has 4 nitrogen and oxygen atoms in total. The van der Waals surface area contributed by atoms with E-state index in [1.807, 2.05) is 30.3 Å². The number of nitrogens with one attached hydrogen (secondary N) is 2. The van der Waals surface area contributed by atoms with Crippen LogP contribution in [0.15, 0.2) is 97.2 Å². The minimum atomic E-state index is -4.41. The summed E-state index contributed by atoms with van der Waals surface area (Å²) in [6.45, 7) is 0.576. The summed E-state index contributed by atoms with van der Waals surface area (Å²) >= 11 is 0. The van der Waals surface area contributed by atoms with Gasteiger partial charge in [0, 0.05) is 23.1 Å². The van der Waals surface area contributed by atoms with Crippen molar-refractivity contribution in [3.8, 4) is 11.1 Å². The molecule has 33 heavy (non-hydrogen) atoms. The maximum Gasteiger partial charge on any atom is 0.416 e. The van der Waals surface area contributed by atoms with Crippen molar-refractivity contribution in [2.24, 2.45) is 0 Å². The molecule has 1 aromatic heterocycles. The van der Waals surface area contributed by atoms with Crippen LogP contribution < -0.4 is 10.6 Å². The molecule has 0 radical (unpaired) electrons. The molecule has 0 aliphatic carbocycles. The molecule has 0 aliphatic heterocycles. The summed E-state index contributed by atoms with van der Waals surface area (Å²) in [5.41, 5.74) is 3.11. The van der Waals surface area contributed by atoms with Gasteiger partial charge in [0.25, 0.3) is 5.91 Å². The molecule has 7 heteroatoms. The van der Waals surface area contributed by atoms with Crippen LogP contribution in [0.5, 0.6) is 0 Å². The predicted molar refractivity (Wildman–Crippen MR) is 123 cm³/mol. The second-order valence-electron chi connectivity index (χ2n) is 7.33. The Hall–Kier alpha value is -4.13. The molecule has 0 atom stereocenters. The van der Waals surface area contributed by atoms with Crippen molar-refractivity contribution >= 4 is 17.3 Å². The van der Waals surface area contributed by atoms with Gasteiger partial charge >= 0.3 is 6.18 Å². The Labute approximate surface area is 189 Å². The molecule has 166 valence electrons. The van der Waals surface area contributed by atoms with Gasteiger partial charge in [-0.3, -0.25) is 9.78 Å². The zero-order valence-electron chi connectivity index (χ0n) is 17.4. The van der Waals surface area contributed by atoms with E-state index in [9.17, 15) is 18.0 Å². The van der Waals surface area contributed by atoms with Crippen molar-refractivity contribution in [1.82, 2.24) is 4.98 Å². The average molecular weight is 447 g/mol. The number of alkyl halides is 3. The van der Waals surface area contributed by atoms with E-state index in [1.165, 1.54) is 12.1 Å². The second kappa shape index (κ2) is 9.56. The fraction of sp³-hybridized carbons (Fsp3) is 0.0769. The van der Waals surface area contributed by atoms with Crippen LogP contribution in [0.1, 0.15) is 21.6 Å². The molecule has 1 amide bonds. The molecule has 4 aromatic rings. The smallest absolute Gasteiger partial charge is 0.379 e. The highest BCUT2D eigenvalue weighted by molar-refractivity contribution is 6.08. The molecule has 4 rings (SSSR count). The number of pyridine rings is 1. The zero-order chi connectivity index (χ0) is 23.3. The summed E-state index contributed by atoms with van der Waals surface area (Å²) in [6, 6.07) is 24.5. The highest BCUT2D eigenvalue weighted by Gasteiger charge is 2.30. The molecular weight excluding hydrogens is 427 g/mol. The molecule has 1 heterocycles. The maximum atomic E-state index is 12.9. The summed E-state index contributed by atoms with van der Waals surface area (Å²) in [5, 5.41) is 6.11. The van der Waals surface area contributed by atoms with Gasteiger partial charge in [0.2, 0.25) is 0 Å². The van der Waals surface area contributed by atoms with Gasteiger partial charge in [0.1, 0.15) is 0 Å². The summed E-state index contributed by atoms with van der Waals surface area (Å²) in [7, 11) is 0. The first-order chi connectivity index (χ1) is 15.9. The molecule has 0 fully saturated rings. The maximum absolute atomic E-state index is 12.9. The fourth-order valence-electron chi connectivity index (χ4n) is 3.34. The molecule has 2 N–H and O–H groups in total. The van der Waals surface area contributed by atoms with Gasteiger partial charge in [0.15, 0.2) is 0 Å². The van der Waals surface area contributed by atoms with Crippen LogP contribution >= 0.6 is 0 Å². The van der Waals surface area contributed by atoms with Crippen LogP contribution in [0.3, 0.4) is 0 Å². The van der Waals surface area contributed by atoms with Crippen molar-refractivity contribution < 1.29 is 18.0 Å². The number of hydrogen-bond acceptors (Lipinski definition) is 3. The summed E-state index contributed by atoms with van der Waals surface area (Å²) in [6.07, 6.45) is -2.67. The molecule has 0 saturated heterocycles. The van der Waals surface area contributed by atoms with E-state index in [-0.39, 0.29) is 5.91 Å². The van der Waals surface area contributed by atoms with E-state index in [1.54, 1.807) is 42.6 Å². The standard InChI is InChI=1S/C26H20F3N3O/c27-26(28,29)19-10-8-18(9-11-19)23-6-1-2-7-24(23)25(33)32-21-14-12-20(13-15-21)31-17-22-5-3-4-16-30-22/h1-16,31H,17H2,(H,32,33). The number of amides is 1. The van der Waals surface area contributed by atoms with Gasteiger partial charge in [-0.2, -0.15) is 13.2 Å². The lowest BCUT2D eigenvalue weighted by Gasteiger charge is -2.12. The third-order valence-corrected chi connectivity index (χ3v) is 5.04. The van der Waals surface area contributed by atoms with Crippen LogP contribution in [0.4, 0.5) is 24.5 Å². The predicted octanol–water partition coefficient (Wildman–Crippen LogP) is 6.63. The van der Waals surface area contributed by atoms with Gasteiger partial charge in [-0.25, -0.2) is 0 Å². The van der Waals surface area contributed by atoms with Crippen molar-refractivity contribution in [2.75, 3.05) is 10.6 Å². The van der Waals surface area contributed by atoms with Crippen LogP contribution in [0, 0.1) is 0 Å². The van der Waals surface area contributed by atoms with Gasteiger partial charge in [-0.15, -0.1) is 0 Å². The highest BCUT2D eigenvalue weighted by Crippen LogP contribution is 2.32. The number of rotatable bonds is 6. The number of carbonyl (C=O) groups excluding carboxylic acids is 1. The molecule has 0 saturated carbocycles. The van der Waals surface area contributed by atoms with Crippen molar-refractivity contribution in [3.63, 3.8) is 0 Å². The largest absolute Gasteiger partial charge is 0.416 e. The van der Waals surface area contributed by atoms with Crippen LogP contribution in [-0.4, -0.2) is 10.9 Å². The minimum absolute atomic E-state index is 0.348. The first kappa shape index (κ1) is 22.1. The zero-order valence-corrected chi connectivity index (χ0v) is 17.4. The minimum Gasteiger partial charge on any atom is -0.379 e. The Balaban J connectivity index is 1.46. The lowest BCUT2D eigenvalue weighted by Crippen LogP contribution is -2.13. The first-order valence-electron chi connectivity index (χ1n) is 10.2. The Morgan fingerprint density at radius 3 is 2.12 bits per heavy atom. The topological polar surface area (TPSA) is 54.0 Å². The third-order valence-electron chi connectivity index (χ3n) is 5.04. The fourth-order valence-corrected chi connectivity index (χ4v) is 3.34. The summed E-state index contributed by atoms with van der Waals surface area (Å²) < 4.78 is 38.6. The third kappa shape index (κ3) is 5.57. The second-order valence-corrected chi connectivity index (χ2v) is 7.33. The number of benzene rings is 3. The van der Waals surface area contributed by atoms with E-state index in [4.69, 9.17) is 0 Å². The van der Waals surface area contributed by atoms with E-state index in [0.29, 0.717) is 28.9 Å². The Morgan fingerprint density at radius 1 is 0.788 bits per heavy atom. The Bertz CT molecular complexity index is 1220. The lowest BCUT2D eigenvalue weighted by molar-refractivity contribution is -0.137. The van der Waals surface area contributed by atoms with Crippen LogP contribution in [-0.2, 0) is 12.7 Å². The highest BCUT2D eigenvalue weighted by atomic mass is 19.4. The van der Waals surface area contributed by atoms with Gasteiger partial charge in [-0.1, -0.05) is 36.4 Å². The first-order valence-corrected chi connectivity index (χ1v) is 10.2. The van der Waals surface area contributed by atoms with Gasteiger partial charge < -0.3 is 10.6 Å². The quantitative estimate of drug-likeness (QED) is 0.349. The number of nitrogens with zero attached hydrogens (tertiary/aromatic N) is 1. The van der Waals surface area contributed by atoms with E-state index >= 15 is 0 Å². The van der Waals surface area contributed by atoms with Crippen LogP contribution in [0.25, 0.3) is 11.1 Å². The molecule has 3 aromatic carbocycles. The lowest BCUT2D eigenvalue weighted by atomic mass is 9.98. The number of halogens is 3. The van der Waals surface area contributed by atoms with Gasteiger partial charge in [-0.05, 0) is 65.7 Å². The van der Waals surface area contributed by atoms with E-state index in [2.05, 4.69) is 15.6 Å². The monoisotopic (exact) mass is 447 g/mol. The van der Waals surface area contributed by atoms with Gasteiger partial charge in [0.05, 0.1) is 17.8 Å². The SMILES string of the molecule is O=C(Nc1ccc(NCc2ccccn2)cc1)c1ccccc1-c1ccc(C(F)(F)F)cc1. The molecule has 0 aliphatic rings. The number of carbonyl (C=O) groups is 1. The molecule has 0 spiro atoms. The van der Waals surface area contributed by atoms with E-state index < -0.39 is 11.7 Å². The Kier molecular flexibility index (Phi) is 6.40. The number of aromatic nitrogens is 1. The van der Waals surface area contributed by atoms with E-state index in [0.717, 1.165) is 23.5 Å². The Morgan fingerprint density at radius 2 is 1.45 bits per heavy atom. The van der Waals surface area contributed by atoms with Crippen molar-refractivity contribution in [1.29, 1.82) is 0 Å². The normalized spacial score (nSPS) is 11.1. The average Bonchev–Trinajstić information content (AvgIpc) is 2.84. The summed E-state index contributed by atoms with van der Waals surface area (Å²) in [5.74, 6) is -0.348. The summed E-state index contributed by atoms with van der Waals surface area (Å²) in [4.78, 5) is 17.2. The van der Waals surface area contributed by atoms with Crippen molar-refractivity contribution in [3.05, 3.63) is 114 Å². The molecule has 0 bridgehead atoms. The number of anilines is 2. The van der Waals surface area contributed by atoms with Crippen molar-refractivity contribution in [2.45, 2.75) is 12.7 Å². The molecular formula is C26H20F3N3O. The number of hydrogen-bond donors (Lipinski definition) is 2.